The lowest BCUT2D eigenvalue weighted by atomic mass is 9.91. The lowest BCUT2D eigenvalue weighted by Gasteiger charge is -2.42. The first-order valence-electron chi connectivity index (χ1n) is 18.1. The molecule has 2 saturated heterocycles. The second-order valence-electron chi connectivity index (χ2n) is 14.9. The van der Waals surface area contributed by atoms with Crippen molar-refractivity contribution in [3.05, 3.63) is 108 Å². The summed E-state index contributed by atoms with van der Waals surface area (Å²) in [6.07, 6.45) is 11.9. The summed E-state index contributed by atoms with van der Waals surface area (Å²) in [6.45, 7) is 6.75. The number of hydrogen-bond acceptors (Lipinski definition) is 6. The topological polar surface area (TPSA) is 67.9 Å². The molecule has 5 aromatic rings. The largest absolute Gasteiger partial charge is 0.292 e. The van der Waals surface area contributed by atoms with Crippen molar-refractivity contribution in [3.8, 4) is 22.5 Å². The van der Waals surface area contributed by atoms with Crippen molar-refractivity contribution in [1.82, 2.24) is 39.8 Å². The van der Waals surface area contributed by atoms with E-state index in [0.29, 0.717) is 48.1 Å². The summed E-state index contributed by atoms with van der Waals surface area (Å²) in [7, 11) is 0. The van der Waals surface area contributed by atoms with Gasteiger partial charge in [-0.3, -0.25) is 9.80 Å². The van der Waals surface area contributed by atoms with Crippen molar-refractivity contribution in [2.45, 2.75) is 88.6 Å². The summed E-state index contributed by atoms with van der Waals surface area (Å²) in [4.78, 5) is 5.43. The van der Waals surface area contributed by atoms with Gasteiger partial charge in [-0.25, -0.2) is 9.36 Å². The second kappa shape index (κ2) is 12.4. The zero-order valence-electron chi connectivity index (χ0n) is 28.1. The molecule has 8 nitrogen and oxygen atoms in total. The molecule has 8 atom stereocenters. The minimum absolute atomic E-state index is 0.342. The van der Waals surface area contributed by atoms with Crippen LogP contribution in [0.3, 0.4) is 0 Å². The Morgan fingerprint density at radius 3 is 1.48 bits per heavy atom. The van der Waals surface area contributed by atoms with Gasteiger partial charge in [0.15, 0.2) is 0 Å². The molecule has 2 saturated carbocycles. The van der Waals surface area contributed by atoms with E-state index in [1.165, 1.54) is 49.7 Å². The number of aromatic nitrogens is 6. The lowest BCUT2D eigenvalue weighted by Crippen LogP contribution is -2.45. The molecule has 4 aliphatic rings. The van der Waals surface area contributed by atoms with Crippen LogP contribution in [-0.2, 0) is 0 Å². The summed E-state index contributed by atoms with van der Waals surface area (Å²) < 4.78 is 4.32. The van der Waals surface area contributed by atoms with Crippen LogP contribution >= 0.6 is 0 Å². The standard InChI is InChI=1S/C40H46N8/c1-27(29-10-5-3-6-11-29)45-25-39(33-16-18-35(45)21-33)47-23-37(41-43-47)31-14-9-15-32(20-31)38-24-48(44-42-38)40-26-46(36-19-17-34(40)22-36)28(2)30-12-7-4-8-13-30/h3-15,20,23-24,27-28,33-36,39-40H,16-19,21-22,25-26H2,1-2H3/t27-,28-,33+,34+,35-,36-,39+,40+/m0/s1. The summed E-state index contributed by atoms with van der Waals surface area (Å²) in [5.74, 6) is 1.32. The molecule has 3 aromatic carbocycles. The van der Waals surface area contributed by atoms with E-state index in [1.807, 2.05) is 0 Å². The number of nitrogens with zero attached hydrogens (tertiary/aromatic N) is 8. The third kappa shape index (κ3) is 5.39. The Kier molecular flexibility index (Phi) is 7.73. The average molecular weight is 639 g/mol. The fourth-order valence-electron chi connectivity index (χ4n) is 9.69. The normalized spacial score (nSPS) is 28.5. The third-order valence-corrected chi connectivity index (χ3v) is 12.4. The number of piperidine rings is 2. The Balaban J connectivity index is 0.928. The van der Waals surface area contributed by atoms with E-state index < -0.39 is 0 Å². The van der Waals surface area contributed by atoms with Gasteiger partial charge in [-0.15, -0.1) is 10.2 Å². The highest BCUT2D eigenvalue weighted by Gasteiger charge is 2.44. The molecule has 4 heterocycles. The van der Waals surface area contributed by atoms with Gasteiger partial charge in [0.1, 0.15) is 11.4 Å². The van der Waals surface area contributed by atoms with Gasteiger partial charge < -0.3 is 0 Å². The molecule has 2 aliphatic carbocycles. The molecule has 8 heteroatoms. The number of rotatable bonds is 8. The van der Waals surface area contributed by atoms with Crippen LogP contribution in [0.25, 0.3) is 22.5 Å². The van der Waals surface area contributed by atoms with Gasteiger partial charge in [-0.05, 0) is 81.4 Å². The maximum atomic E-state index is 4.74. The van der Waals surface area contributed by atoms with E-state index >= 15 is 0 Å². The Bertz CT molecular complexity index is 1720. The molecular formula is C40H46N8. The maximum absolute atomic E-state index is 4.74. The lowest BCUT2D eigenvalue weighted by molar-refractivity contribution is 0.0688. The predicted octanol–water partition coefficient (Wildman–Crippen LogP) is 7.78. The van der Waals surface area contributed by atoms with Crippen LogP contribution in [0.1, 0.15) is 87.7 Å². The number of likely N-dealkylation sites (tertiary alicyclic amines) is 2. The Morgan fingerprint density at radius 2 is 1.02 bits per heavy atom. The van der Waals surface area contributed by atoms with E-state index in [4.69, 9.17) is 20.6 Å². The Hall–Kier alpha value is -4.14. The van der Waals surface area contributed by atoms with Gasteiger partial charge in [-0.1, -0.05) is 89.3 Å². The quantitative estimate of drug-likeness (QED) is 0.173. The van der Waals surface area contributed by atoms with Crippen LogP contribution in [0.4, 0.5) is 0 Å². The van der Waals surface area contributed by atoms with Crippen molar-refractivity contribution in [2.75, 3.05) is 13.1 Å². The first-order valence-corrected chi connectivity index (χ1v) is 18.1. The van der Waals surface area contributed by atoms with Crippen LogP contribution in [0.2, 0.25) is 0 Å². The van der Waals surface area contributed by atoms with Gasteiger partial charge in [0.05, 0.1) is 24.5 Å². The second-order valence-corrected chi connectivity index (χ2v) is 14.9. The molecule has 0 radical (unpaired) electrons. The van der Waals surface area contributed by atoms with Crippen LogP contribution in [0, 0.1) is 11.8 Å². The van der Waals surface area contributed by atoms with E-state index in [-0.39, 0.29) is 0 Å². The number of hydrogen-bond donors (Lipinski definition) is 0. The highest BCUT2D eigenvalue weighted by atomic mass is 15.5. The summed E-state index contributed by atoms with van der Waals surface area (Å²) in [5, 5.41) is 18.9. The fraction of sp³-hybridized carbons (Fsp3) is 0.450. The van der Waals surface area contributed by atoms with E-state index in [1.54, 1.807) is 0 Å². The predicted molar refractivity (Wildman–Crippen MR) is 188 cm³/mol. The van der Waals surface area contributed by atoms with Crippen molar-refractivity contribution >= 4 is 0 Å². The minimum atomic E-state index is 0.342. The molecular weight excluding hydrogens is 592 g/mol. The zero-order valence-corrected chi connectivity index (χ0v) is 28.1. The monoisotopic (exact) mass is 638 g/mol. The van der Waals surface area contributed by atoms with E-state index in [2.05, 4.69) is 130 Å². The van der Waals surface area contributed by atoms with Crippen LogP contribution < -0.4 is 0 Å². The van der Waals surface area contributed by atoms with E-state index in [0.717, 1.165) is 35.6 Å². The van der Waals surface area contributed by atoms with Crippen LogP contribution in [0.15, 0.2) is 97.3 Å². The molecule has 4 fully saturated rings. The van der Waals surface area contributed by atoms with Crippen molar-refractivity contribution in [2.24, 2.45) is 11.8 Å². The molecule has 48 heavy (non-hydrogen) atoms. The molecule has 4 bridgehead atoms. The minimum Gasteiger partial charge on any atom is -0.292 e. The van der Waals surface area contributed by atoms with Crippen molar-refractivity contribution < 1.29 is 0 Å². The zero-order chi connectivity index (χ0) is 32.2. The molecule has 0 N–H and O–H groups in total. The maximum Gasteiger partial charge on any atom is 0.113 e. The molecule has 0 unspecified atom stereocenters. The van der Waals surface area contributed by atoms with Gasteiger partial charge in [0.2, 0.25) is 0 Å². The SMILES string of the molecule is C[C@@H](c1ccccc1)N1C[C@@H](n2cc(-c3cccc(-c4cn([C@@H]5CN([C@@H](C)c6ccccc6)[C@H]6CC[C@@H]5C6)nn4)c3)nn2)[C@@H]2CC[C@H]1C2. The highest BCUT2D eigenvalue weighted by molar-refractivity contribution is 5.68. The van der Waals surface area contributed by atoms with Crippen LogP contribution in [0.5, 0.6) is 0 Å². The summed E-state index contributed by atoms with van der Waals surface area (Å²) in [5.41, 5.74) is 6.77. The first-order chi connectivity index (χ1) is 23.6. The third-order valence-electron chi connectivity index (χ3n) is 12.4. The fourth-order valence-corrected chi connectivity index (χ4v) is 9.69. The summed E-state index contributed by atoms with van der Waals surface area (Å²) >= 11 is 0. The molecule has 2 aromatic heterocycles. The van der Waals surface area contributed by atoms with Gasteiger partial charge in [0, 0.05) is 48.4 Å². The Morgan fingerprint density at radius 1 is 0.562 bits per heavy atom. The molecule has 2 aliphatic heterocycles. The van der Waals surface area contributed by atoms with Crippen LogP contribution in [-0.4, -0.2) is 65.0 Å². The van der Waals surface area contributed by atoms with E-state index in [9.17, 15) is 0 Å². The molecule has 9 rings (SSSR count). The first kappa shape index (κ1) is 30.0. The van der Waals surface area contributed by atoms with Gasteiger partial charge in [0.25, 0.3) is 0 Å². The van der Waals surface area contributed by atoms with Gasteiger partial charge >= 0.3 is 0 Å². The van der Waals surface area contributed by atoms with Crippen molar-refractivity contribution in [1.29, 1.82) is 0 Å². The highest BCUT2D eigenvalue weighted by Crippen LogP contribution is 2.47. The Labute approximate surface area is 283 Å². The van der Waals surface area contributed by atoms with Gasteiger partial charge in [-0.2, -0.15) is 0 Å². The number of benzene rings is 3. The van der Waals surface area contributed by atoms with Crippen molar-refractivity contribution in [3.63, 3.8) is 0 Å². The summed E-state index contributed by atoms with van der Waals surface area (Å²) in [6, 6.07) is 33.3. The molecule has 0 amide bonds. The smallest absolute Gasteiger partial charge is 0.113 e. The molecule has 0 spiro atoms. The number of fused-ring (bicyclic) bond motifs is 4. The molecule has 246 valence electrons. The average Bonchev–Trinajstić information content (AvgIpc) is 3.97.